The van der Waals surface area contributed by atoms with Gasteiger partial charge >= 0.3 is 0 Å². The van der Waals surface area contributed by atoms with Gasteiger partial charge in [0.2, 0.25) is 5.78 Å². The molecule has 2 heterocycles. The number of para-hydroxylation sites is 2. The average molecular weight is 394 g/mol. The third-order valence-electron chi connectivity index (χ3n) is 5.05. The number of ether oxygens (including phenoxy) is 1. The fourth-order valence-electron chi connectivity index (χ4n) is 3.54. The number of rotatable bonds is 5. The molecule has 0 saturated carbocycles. The van der Waals surface area contributed by atoms with Crippen molar-refractivity contribution in [3.8, 4) is 22.6 Å². The van der Waals surface area contributed by atoms with E-state index in [0.717, 1.165) is 22.2 Å². The molecule has 3 aromatic carbocycles. The fraction of sp³-hybridized carbons (Fsp3) is 0.0400. The molecule has 0 spiro atoms. The Morgan fingerprint density at radius 3 is 2.43 bits per heavy atom. The van der Waals surface area contributed by atoms with Crippen LogP contribution in [0.4, 0.5) is 0 Å². The van der Waals surface area contributed by atoms with E-state index >= 15 is 0 Å². The van der Waals surface area contributed by atoms with Crippen LogP contribution in [0, 0.1) is 0 Å². The van der Waals surface area contributed by atoms with Crippen molar-refractivity contribution in [2.24, 2.45) is 0 Å². The molecule has 0 saturated heterocycles. The Hall–Kier alpha value is -4.12. The monoisotopic (exact) mass is 394 g/mol. The molecule has 0 bridgehead atoms. The van der Waals surface area contributed by atoms with Gasteiger partial charge < -0.3 is 9.15 Å². The van der Waals surface area contributed by atoms with E-state index in [-0.39, 0.29) is 5.78 Å². The summed E-state index contributed by atoms with van der Waals surface area (Å²) in [5.74, 6) is 0.811. The van der Waals surface area contributed by atoms with Crippen molar-refractivity contribution < 1.29 is 13.9 Å². The predicted molar refractivity (Wildman–Crippen MR) is 115 cm³/mol. The van der Waals surface area contributed by atoms with Crippen molar-refractivity contribution >= 4 is 16.8 Å². The Morgan fingerprint density at radius 1 is 0.933 bits per heavy atom. The van der Waals surface area contributed by atoms with Crippen molar-refractivity contribution in [2.75, 3.05) is 7.11 Å². The highest BCUT2D eigenvalue weighted by Crippen LogP contribution is 2.36. The first-order valence-electron chi connectivity index (χ1n) is 9.55. The van der Waals surface area contributed by atoms with Crippen LogP contribution in [0.3, 0.4) is 0 Å². The second kappa shape index (κ2) is 7.37. The van der Waals surface area contributed by atoms with Crippen molar-refractivity contribution in [1.29, 1.82) is 0 Å². The molecular weight excluding hydrogens is 376 g/mol. The summed E-state index contributed by atoms with van der Waals surface area (Å²) >= 11 is 0. The quantitative estimate of drug-likeness (QED) is 0.368. The van der Waals surface area contributed by atoms with Gasteiger partial charge in [0, 0.05) is 28.3 Å². The second-order valence-electron chi connectivity index (χ2n) is 6.87. The molecule has 0 amide bonds. The fourth-order valence-corrected chi connectivity index (χ4v) is 3.54. The molecule has 5 rings (SSSR count). The van der Waals surface area contributed by atoms with Gasteiger partial charge in [0.25, 0.3) is 0 Å². The maximum absolute atomic E-state index is 13.3. The molecule has 0 aliphatic carbocycles. The Labute approximate surface area is 173 Å². The van der Waals surface area contributed by atoms with E-state index < -0.39 is 0 Å². The summed E-state index contributed by atoms with van der Waals surface area (Å²) in [5.41, 5.74) is 3.71. The van der Waals surface area contributed by atoms with E-state index in [4.69, 9.17) is 9.15 Å². The minimum absolute atomic E-state index is 0.184. The molecule has 5 heteroatoms. The number of carbonyl (C=O) groups is 1. The standard InChI is InChI=1S/C25H18N2O3/c1-29-20-13-11-17(12-14-20)24(28)25-23(21-9-5-6-10-22(21)30-25)18-15-26-27(16-18)19-7-3-2-4-8-19/h2-16H,1H3. The number of carbonyl (C=O) groups excluding carboxylic acids is 1. The first-order valence-corrected chi connectivity index (χ1v) is 9.55. The minimum atomic E-state index is -0.184. The zero-order valence-electron chi connectivity index (χ0n) is 16.3. The van der Waals surface area contributed by atoms with Gasteiger partial charge in [-0.1, -0.05) is 36.4 Å². The van der Waals surface area contributed by atoms with Crippen LogP contribution in [0.2, 0.25) is 0 Å². The number of fused-ring (bicyclic) bond motifs is 1. The lowest BCUT2D eigenvalue weighted by Crippen LogP contribution is -2.01. The third kappa shape index (κ3) is 3.06. The van der Waals surface area contributed by atoms with E-state index in [1.54, 1.807) is 42.3 Å². The Morgan fingerprint density at radius 2 is 1.67 bits per heavy atom. The van der Waals surface area contributed by atoms with Crippen LogP contribution in [0.15, 0.2) is 95.7 Å². The first-order chi connectivity index (χ1) is 14.7. The van der Waals surface area contributed by atoms with Gasteiger partial charge in [-0.2, -0.15) is 5.10 Å². The maximum Gasteiger partial charge on any atom is 0.228 e. The molecule has 146 valence electrons. The van der Waals surface area contributed by atoms with E-state index in [9.17, 15) is 4.79 Å². The molecule has 5 nitrogen and oxygen atoms in total. The Kier molecular flexibility index (Phi) is 4.41. The first kappa shape index (κ1) is 17.9. The molecule has 30 heavy (non-hydrogen) atoms. The third-order valence-corrected chi connectivity index (χ3v) is 5.05. The van der Waals surface area contributed by atoms with E-state index in [1.165, 1.54) is 0 Å². The number of hydrogen-bond acceptors (Lipinski definition) is 4. The summed E-state index contributed by atoms with van der Waals surface area (Å²) in [6.45, 7) is 0. The van der Waals surface area contributed by atoms with Gasteiger partial charge in [-0.3, -0.25) is 4.79 Å². The van der Waals surface area contributed by atoms with Gasteiger partial charge in [0.05, 0.1) is 19.0 Å². The van der Waals surface area contributed by atoms with Crippen LogP contribution in [0.25, 0.3) is 27.8 Å². The van der Waals surface area contributed by atoms with E-state index in [0.29, 0.717) is 22.7 Å². The topological polar surface area (TPSA) is 57.3 Å². The smallest absolute Gasteiger partial charge is 0.228 e. The lowest BCUT2D eigenvalue weighted by Gasteiger charge is -2.03. The molecule has 2 aromatic heterocycles. The summed E-state index contributed by atoms with van der Waals surface area (Å²) < 4.78 is 13.0. The van der Waals surface area contributed by atoms with E-state index in [2.05, 4.69) is 5.10 Å². The van der Waals surface area contributed by atoms with Crippen LogP contribution in [-0.4, -0.2) is 22.7 Å². The number of methoxy groups -OCH3 is 1. The summed E-state index contributed by atoms with van der Waals surface area (Å²) in [7, 11) is 1.60. The van der Waals surface area contributed by atoms with Gasteiger partial charge in [-0.15, -0.1) is 0 Å². The molecule has 0 aliphatic heterocycles. The largest absolute Gasteiger partial charge is 0.497 e. The molecule has 0 atom stereocenters. The molecule has 0 unspecified atom stereocenters. The normalized spacial score (nSPS) is 11.0. The van der Waals surface area contributed by atoms with Crippen LogP contribution < -0.4 is 4.74 Å². The highest BCUT2D eigenvalue weighted by atomic mass is 16.5. The molecule has 0 fully saturated rings. The summed E-state index contributed by atoms with van der Waals surface area (Å²) in [5, 5.41) is 5.37. The van der Waals surface area contributed by atoms with E-state index in [1.807, 2.05) is 60.8 Å². The molecular formula is C25H18N2O3. The number of nitrogens with zero attached hydrogens (tertiary/aromatic N) is 2. The number of hydrogen-bond donors (Lipinski definition) is 0. The van der Waals surface area contributed by atoms with Gasteiger partial charge in [0.15, 0.2) is 5.76 Å². The number of furan rings is 1. The number of benzene rings is 3. The SMILES string of the molecule is COc1ccc(C(=O)c2oc3ccccc3c2-c2cnn(-c3ccccc3)c2)cc1. The zero-order chi connectivity index (χ0) is 20.5. The van der Waals surface area contributed by atoms with Gasteiger partial charge in [-0.25, -0.2) is 4.68 Å². The van der Waals surface area contributed by atoms with Crippen molar-refractivity contribution in [3.63, 3.8) is 0 Å². The molecule has 0 N–H and O–H groups in total. The van der Waals surface area contributed by atoms with Crippen molar-refractivity contribution in [3.05, 3.63) is 103 Å². The number of aromatic nitrogens is 2. The van der Waals surface area contributed by atoms with Gasteiger partial charge in [0.1, 0.15) is 11.3 Å². The average Bonchev–Trinajstić information content (AvgIpc) is 3.44. The Balaban J connectivity index is 1.64. The summed E-state index contributed by atoms with van der Waals surface area (Å²) in [4.78, 5) is 13.3. The van der Waals surface area contributed by atoms with Crippen molar-refractivity contribution in [2.45, 2.75) is 0 Å². The molecule has 0 aliphatic rings. The zero-order valence-corrected chi connectivity index (χ0v) is 16.3. The summed E-state index contributed by atoms with van der Waals surface area (Å²) in [6, 6.07) is 24.5. The highest BCUT2D eigenvalue weighted by molar-refractivity contribution is 6.15. The lowest BCUT2D eigenvalue weighted by atomic mass is 10.00. The van der Waals surface area contributed by atoms with Crippen LogP contribution >= 0.6 is 0 Å². The van der Waals surface area contributed by atoms with Crippen molar-refractivity contribution in [1.82, 2.24) is 9.78 Å². The second-order valence-corrected chi connectivity index (χ2v) is 6.87. The molecule has 5 aromatic rings. The maximum atomic E-state index is 13.3. The van der Waals surface area contributed by atoms with Crippen LogP contribution in [0.5, 0.6) is 5.75 Å². The van der Waals surface area contributed by atoms with Gasteiger partial charge in [-0.05, 0) is 42.5 Å². The minimum Gasteiger partial charge on any atom is -0.497 e. The lowest BCUT2D eigenvalue weighted by molar-refractivity contribution is 0.101. The highest BCUT2D eigenvalue weighted by Gasteiger charge is 2.24. The Bertz CT molecular complexity index is 1330. The van der Waals surface area contributed by atoms with Crippen LogP contribution in [-0.2, 0) is 0 Å². The predicted octanol–water partition coefficient (Wildman–Crippen LogP) is 5.53. The molecule has 0 radical (unpaired) electrons. The summed E-state index contributed by atoms with van der Waals surface area (Å²) in [6.07, 6.45) is 3.67. The van der Waals surface area contributed by atoms with Crippen LogP contribution in [0.1, 0.15) is 16.1 Å². The number of ketones is 1.